The normalized spacial score (nSPS) is 12.4. The molecule has 28 heavy (non-hydrogen) atoms. The molecule has 0 bridgehead atoms. The summed E-state index contributed by atoms with van der Waals surface area (Å²) in [7, 11) is 1.53. The number of guanidine groups is 1. The highest BCUT2D eigenvalue weighted by Crippen LogP contribution is 2.34. The van der Waals surface area contributed by atoms with Crippen LogP contribution in [0.25, 0.3) is 0 Å². The molecule has 0 aliphatic rings. The largest absolute Gasteiger partial charge is 0.491 e. The summed E-state index contributed by atoms with van der Waals surface area (Å²) in [6.45, 7) is 7.37. The highest BCUT2D eigenvalue weighted by molar-refractivity contribution is 5.79. The SMILES string of the molecule is CN=C(NCc1nc(C)c(C)o1)NCc1ccc(OC(C)C)cc1C(F)(F)F. The van der Waals surface area contributed by atoms with Gasteiger partial charge in [-0.3, -0.25) is 4.99 Å². The molecule has 9 heteroatoms. The Balaban J connectivity index is 2.06. The quantitative estimate of drug-likeness (QED) is 0.569. The average molecular weight is 398 g/mol. The van der Waals surface area contributed by atoms with Crippen LogP contribution < -0.4 is 15.4 Å². The van der Waals surface area contributed by atoms with E-state index in [1.807, 2.05) is 13.8 Å². The zero-order valence-electron chi connectivity index (χ0n) is 16.6. The van der Waals surface area contributed by atoms with E-state index < -0.39 is 11.7 Å². The molecule has 0 spiro atoms. The van der Waals surface area contributed by atoms with Gasteiger partial charge in [-0.25, -0.2) is 4.98 Å². The van der Waals surface area contributed by atoms with Crippen LogP contribution in [-0.4, -0.2) is 24.1 Å². The Morgan fingerprint density at radius 3 is 2.43 bits per heavy atom. The molecule has 2 aromatic rings. The molecule has 6 nitrogen and oxygen atoms in total. The Labute approximate surface area is 162 Å². The maximum atomic E-state index is 13.4. The Kier molecular flexibility index (Phi) is 6.93. The van der Waals surface area contributed by atoms with E-state index in [4.69, 9.17) is 9.15 Å². The monoisotopic (exact) mass is 398 g/mol. The van der Waals surface area contributed by atoms with Gasteiger partial charge in [0.15, 0.2) is 5.96 Å². The highest BCUT2D eigenvalue weighted by atomic mass is 19.4. The highest BCUT2D eigenvalue weighted by Gasteiger charge is 2.33. The van der Waals surface area contributed by atoms with Gasteiger partial charge < -0.3 is 19.8 Å². The first-order valence-corrected chi connectivity index (χ1v) is 8.84. The van der Waals surface area contributed by atoms with E-state index in [-0.39, 0.29) is 30.5 Å². The van der Waals surface area contributed by atoms with Gasteiger partial charge in [-0.1, -0.05) is 6.07 Å². The van der Waals surface area contributed by atoms with E-state index in [1.54, 1.807) is 13.8 Å². The summed E-state index contributed by atoms with van der Waals surface area (Å²) in [5.74, 6) is 1.72. The van der Waals surface area contributed by atoms with Gasteiger partial charge in [-0.15, -0.1) is 0 Å². The molecule has 0 unspecified atom stereocenters. The van der Waals surface area contributed by atoms with Gasteiger partial charge >= 0.3 is 6.18 Å². The minimum atomic E-state index is -4.49. The molecule has 0 radical (unpaired) electrons. The second-order valence-corrected chi connectivity index (χ2v) is 6.51. The fourth-order valence-electron chi connectivity index (χ4n) is 2.49. The first-order valence-electron chi connectivity index (χ1n) is 8.84. The number of aromatic nitrogens is 1. The van der Waals surface area contributed by atoms with E-state index in [0.29, 0.717) is 11.9 Å². The smallest absolute Gasteiger partial charge is 0.416 e. The van der Waals surface area contributed by atoms with Crippen LogP contribution in [0, 0.1) is 13.8 Å². The van der Waals surface area contributed by atoms with Gasteiger partial charge in [0, 0.05) is 13.6 Å². The van der Waals surface area contributed by atoms with Crippen molar-refractivity contribution in [2.24, 2.45) is 4.99 Å². The van der Waals surface area contributed by atoms with Crippen molar-refractivity contribution in [2.45, 2.75) is 53.1 Å². The second kappa shape index (κ2) is 8.99. The molecular weight excluding hydrogens is 373 g/mol. The van der Waals surface area contributed by atoms with Crippen molar-refractivity contribution < 1.29 is 22.3 Å². The third-order valence-corrected chi connectivity index (χ3v) is 3.91. The zero-order chi connectivity index (χ0) is 20.9. The van der Waals surface area contributed by atoms with Crippen LogP contribution in [0.15, 0.2) is 27.6 Å². The third-order valence-electron chi connectivity index (χ3n) is 3.91. The lowest BCUT2D eigenvalue weighted by molar-refractivity contribution is -0.138. The van der Waals surface area contributed by atoms with Crippen molar-refractivity contribution in [3.63, 3.8) is 0 Å². The molecule has 154 valence electrons. The Morgan fingerprint density at radius 2 is 1.89 bits per heavy atom. The molecule has 0 saturated carbocycles. The van der Waals surface area contributed by atoms with Crippen molar-refractivity contribution in [1.29, 1.82) is 0 Å². The lowest BCUT2D eigenvalue weighted by atomic mass is 10.1. The molecular formula is C19H25F3N4O2. The summed E-state index contributed by atoms with van der Waals surface area (Å²) in [5, 5.41) is 5.85. The standard InChI is InChI=1S/C19H25F3N4O2/c1-11(2)27-15-7-6-14(16(8-15)19(20,21)22)9-24-18(23-5)25-10-17-26-12(3)13(4)28-17/h6-8,11H,9-10H2,1-5H3,(H2,23,24,25). The summed E-state index contributed by atoms with van der Waals surface area (Å²) >= 11 is 0. The van der Waals surface area contributed by atoms with Crippen LogP contribution in [0.3, 0.4) is 0 Å². The Hall–Kier alpha value is -2.71. The van der Waals surface area contributed by atoms with Crippen molar-refractivity contribution in [1.82, 2.24) is 15.6 Å². The van der Waals surface area contributed by atoms with E-state index in [9.17, 15) is 13.2 Å². The number of oxazole rings is 1. The molecule has 0 atom stereocenters. The number of hydrogen-bond donors (Lipinski definition) is 2. The average Bonchev–Trinajstić information content (AvgIpc) is 2.92. The minimum absolute atomic E-state index is 0.0554. The van der Waals surface area contributed by atoms with Crippen LogP contribution in [0.2, 0.25) is 0 Å². The van der Waals surface area contributed by atoms with Crippen molar-refractivity contribution >= 4 is 5.96 Å². The summed E-state index contributed by atoms with van der Waals surface area (Å²) in [4.78, 5) is 8.26. The van der Waals surface area contributed by atoms with Crippen molar-refractivity contribution in [3.8, 4) is 5.75 Å². The van der Waals surface area contributed by atoms with E-state index in [1.165, 1.54) is 19.2 Å². The number of ether oxygens (including phenoxy) is 1. The molecule has 0 amide bonds. The van der Waals surface area contributed by atoms with Gasteiger partial charge in [-0.05, 0) is 45.4 Å². The molecule has 0 aliphatic heterocycles. The van der Waals surface area contributed by atoms with Crippen molar-refractivity contribution in [2.75, 3.05) is 7.05 Å². The number of hydrogen-bond acceptors (Lipinski definition) is 4. The zero-order valence-corrected chi connectivity index (χ0v) is 16.6. The minimum Gasteiger partial charge on any atom is -0.491 e. The molecule has 1 aromatic heterocycles. The predicted octanol–water partition coefficient (Wildman–Crippen LogP) is 3.96. The maximum absolute atomic E-state index is 13.4. The van der Waals surface area contributed by atoms with E-state index in [0.717, 1.165) is 17.5 Å². The summed E-state index contributed by atoms with van der Waals surface area (Å²) in [6.07, 6.45) is -4.70. The van der Waals surface area contributed by atoms with Gasteiger partial charge in [0.25, 0.3) is 0 Å². The fraction of sp³-hybridized carbons (Fsp3) is 0.474. The summed E-state index contributed by atoms with van der Waals surface area (Å²) in [6, 6.07) is 3.95. The van der Waals surface area contributed by atoms with Crippen LogP contribution in [-0.2, 0) is 19.3 Å². The number of nitrogens with one attached hydrogen (secondary N) is 2. The second-order valence-electron chi connectivity index (χ2n) is 6.51. The van der Waals surface area contributed by atoms with Gasteiger partial charge in [0.1, 0.15) is 11.5 Å². The number of rotatable bonds is 6. The van der Waals surface area contributed by atoms with Crippen LogP contribution in [0.4, 0.5) is 13.2 Å². The predicted molar refractivity (Wildman–Crippen MR) is 100 cm³/mol. The lowest BCUT2D eigenvalue weighted by Gasteiger charge is -2.17. The Bertz CT molecular complexity index is 810. The molecule has 1 aromatic carbocycles. The lowest BCUT2D eigenvalue weighted by Crippen LogP contribution is -2.36. The molecule has 1 heterocycles. The molecule has 0 aliphatic carbocycles. The van der Waals surface area contributed by atoms with Crippen LogP contribution >= 0.6 is 0 Å². The molecule has 0 saturated heterocycles. The first kappa shape index (κ1) is 21.6. The third kappa shape index (κ3) is 5.90. The number of aliphatic imine (C=N–C) groups is 1. The number of alkyl halides is 3. The van der Waals surface area contributed by atoms with Gasteiger partial charge in [0.2, 0.25) is 5.89 Å². The molecule has 2 N–H and O–H groups in total. The fourth-order valence-corrected chi connectivity index (χ4v) is 2.49. The van der Waals surface area contributed by atoms with Crippen molar-refractivity contribution in [3.05, 3.63) is 46.7 Å². The summed E-state index contributed by atoms with van der Waals surface area (Å²) < 4.78 is 51.1. The van der Waals surface area contributed by atoms with Crippen LogP contribution in [0.1, 0.15) is 42.3 Å². The topological polar surface area (TPSA) is 71.7 Å². The van der Waals surface area contributed by atoms with Crippen LogP contribution in [0.5, 0.6) is 5.75 Å². The van der Waals surface area contributed by atoms with Gasteiger partial charge in [-0.2, -0.15) is 13.2 Å². The molecule has 0 fully saturated rings. The number of halogens is 3. The Morgan fingerprint density at radius 1 is 1.21 bits per heavy atom. The van der Waals surface area contributed by atoms with Gasteiger partial charge in [0.05, 0.1) is 23.9 Å². The molecule has 2 rings (SSSR count). The maximum Gasteiger partial charge on any atom is 0.416 e. The number of aryl methyl sites for hydroxylation is 2. The number of benzene rings is 1. The van der Waals surface area contributed by atoms with E-state index in [2.05, 4.69) is 20.6 Å². The first-order chi connectivity index (χ1) is 13.1. The summed E-state index contributed by atoms with van der Waals surface area (Å²) in [5.41, 5.74) is 0.139. The number of nitrogens with zero attached hydrogens (tertiary/aromatic N) is 2. The van der Waals surface area contributed by atoms with E-state index >= 15 is 0 Å².